The number of hydrogen-bond acceptors (Lipinski definition) is 9. The number of hydrogen-bond donors (Lipinski definition) is 4. The smallest absolute Gasteiger partial charge is 0.347 e. The molecule has 1 fully saturated rings. The van der Waals surface area contributed by atoms with Gasteiger partial charge in [-0.05, 0) is 12.0 Å². The van der Waals surface area contributed by atoms with Crippen molar-refractivity contribution in [1.82, 2.24) is 14.8 Å². The monoisotopic (exact) mass is 392 g/mol. The Balaban J connectivity index is 1.59. The topological polar surface area (TPSA) is 170 Å². The van der Waals surface area contributed by atoms with E-state index in [0.717, 1.165) is 11.8 Å². The Labute approximate surface area is 158 Å². The molecule has 3 rings (SSSR count). The lowest BCUT2D eigenvalue weighted by Crippen LogP contribution is -2.40. The molecule has 1 aromatic heterocycles. The molecule has 0 amide bonds. The van der Waals surface area contributed by atoms with Crippen LogP contribution in [0.25, 0.3) is 0 Å². The SMILES string of the molecule is N[C@@H](Cc1ccccc1)C(=O)OC[C@H]1O[C@@H](n2ncc(=O)[nH]c2=O)C(O)[C@H]1O. The third-order valence-electron chi connectivity index (χ3n) is 4.31. The lowest BCUT2D eigenvalue weighted by Gasteiger charge is -2.17. The van der Waals surface area contributed by atoms with Crippen molar-refractivity contribution in [3.63, 3.8) is 0 Å². The van der Waals surface area contributed by atoms with Crippen molar-refractivity contribution in [2.45, 2.75) is 37.0 Å². The minimum absolute atomic E-state index is 0.274. The summed E-state index contributed by atoms with van der Waals surface area (Å²) in [5.41, 5.74) is 5.07. The van der Waals surface area contributed by atoms with Crippen LogP contribution in [0.3, 0.4) is 0 Å². The molecular formula is C17H20N4O7. The number of esters is 1. The number of carbonyl (C=O) groups excluding carboxylic acids is 1. The summed E-state index contributed by atoms with van der Waals surface area (Å²) in [6, 6.07) is 8.23. The maximum atomic E-state index is 12.1. The van der Waals surface area contributed by atoms with E-state index in [0.29, 0.717) is 4.68 Å². The minimum Gasteiger partial charge on any atom is -0.462 e. The van der Waals surface area contributed by atoms with Crippen molar-refractivity contribution in [1.29, 1.82) is 0 Å². The number of ether oxygens (including phenoxy) is 2. The Morgan fingerprint density at radius 2 is 2.00 bits per heavy atom. The molecule has 1 aromatic carbocycles. The van der Waals surface area contributed by atoms with E-state index in [1.54, 1.807) is 0 Å². The summed E-state index contributed by atoms with van der Waals surface area (Å²) in [4.78, 5) is 36.9. The van der Waals surface area contributed by atoms with Crippen molar-refractivity contribution in [2.24, 2.45) is 5.73 Å². The fraction of sp³-hybridized carbons (Fsp3) is 0.412. The van der Waals surface area contributed by atoms with Gasteiger partial charge >= 0.3 is 11.7 Å². The van der Waals surface area contributed by atoms with Crippen LogP contribution >= 0.6 is 0 Å². The third-order valence-corrected chi connectivity index (χ3v) is 4.31. The summed E-state index contributed by atoms with van der Waals surface area (Å²) in [5, 5.41) is 23.8. The molecule has 0 spiro atoms. The molecule has 1 aliphatic heterocycles. The van der Waals surface area contributed by atoms with Gasteiger partial charge < -0.3 is 25.4 Å². The summed E-state index contributed by atoms with van der Waals surface area (Å²) in [6.07, 6.45) is -4.30. The Morgan fingerprint density at radius 3 is 2.68 bits per heavy atom. The van der Waals surface area contributed by atoms with Crippen molar-refractivity contribution in [2.75, 3.05) is 6.61 Å². The van der Waals surface area contributed by atoms with Gasteiger partial charge in [0.05, 0.1) is 0 Å². The average Bonchev–Trinajstić information content (AvgIpc) is 2.95. The number of nitrogens with two attached hydrogens (primary N) is 1. The number of aliphatic hydroxyl groups excluding tert-OH is 2. The van der Waals surface area contributed by atoms with E-state index < -0.39 is 47.8 Å². The van der Waals surface area contributed by atoms with E-state index in [4.69, 9.17) is 15.2 Å². The van der Waals surface area contributed by atoms with Crippen molar-refractivity contribution >= 4 is 5.97 Å². The lowest BCUT2D eigenvalue weighted by atomic mass is 10.1. The number of H-pyrrole nitrogens is 1. The molecule has 11 nitrogen and oxygen atoms in total. The molecule has 28 heavy (non-hydrogen) atoms. The Morgan fingerprint density at radius 1 is 1.29 bits per heavy atom. The molecule has 1 unspecified atom stereocenters. The second-order valence-electron chi connectivity index (χ2n) is 6.36. The van der Waals surface area contributed by atoms with Crippen molar-refractivity contribution in [3.8, 4) is 0 Å². The van der Waals surface area contributed by atoms with E-state index in [-0.39, 0.29) is 13.0 Å². The number of nitrogens with one attached hydrogen (secondary N) is 1. The number of carbonyl (C=O) groups is 1. The minimum atomic E-state index is -1.52. The molecule has 2 heterocycles. The molecule has 5 atom stereocenters. The maximum Gasteiger partial charge on any atom is 0.347 e. The number of benzene rings is 1. The first-order valence-electron chi connectivity index (χ1n) is 8.52. The fourth-order valence-corrected chi connectivity index (χ4v) is 2.83. The summed E-state index contributed by atoms with van der Waals surface area (Å²) in [5.74, 6) is -0.697. The van der Waals surface area contributed by atoms with Crippen LogP contribution in [-0.2, 0) is 20.7 Å². The Hall–Kier alpha value is -2.86. The zero-order chi connectivity index (χ0) is 20.3. The third kappa shape index (κ3) is 4.34. The van der Waals surface area contributed by atoms with Gasteiger partial charge in [-0.25, -0.2) is 4.79 Å². The first-order valence-corrected chi connectivity index (χ1v) is 8.52. The number of aromatic amines is 1. The molecule has 1 aliphatic rings. The van der Waals surface area contributed by atoms with Crippen LogP contribution in [0.5, 0.6) is 0 Å². The highest BCUT2D eigenvalue weighted by Gasteiger charge is 2.45. The molecule has 0 bridgehead atoms. The largest absolute Gasteiger partial charge is 0.462 e. The molecule has 0 aliphatic carbocycles. The highest BCUT2D eigenvalue weighted by atomic mass is 16.6. The van der Waals surface area contributed by atoms with E-state index in [1.807, 2.05) is 35.3 Å². The van der Waals surface area contributed by atoms with Gasteiger partial charge in [0.1, 0.15) is 37.2 Å². The van der Waals surface area contributed by atoms with E-state index >= 15 is 0 Å². The Bertz CT molecular complexity index is 929. The number of rotatable bonds is 6. The maximum absolute atomic E-state index is 12.1. The standard InChI is InChI=1S/C17H20N4O7/c18-10(6-9-4-2-1-3-5-9)16(25)27-8-11-13(23)14(24)15(28-11)21-17(26)20-12(22)7-19-21/h1-5,7,10-11,13-15,23-24H,6,8,18H2,(H,20,22,26)/t10-,11+,13-,14?,15+/m0/s1. The summed E-state index contributed by atoms with van der Waals surface area (Å²) < 4.78 is 11.2. The molecule has 2 aromatic rings. The van der Waals surface area contributed by atoms with E-state index in [2.05, 4.69) is 5.10 Å². The molecular weight excluding hydrogens is 372 g/mol. The predicted octanol–water partition coefficient (Wildman–Crippen LogP) is -2.34. The van der Waals surface area contributed by atoms with E-state index in [1.165, 1.54) is 0 Å². The first-order chi connectivity index (χ1) is 13.4. The highest BCUT2D eigenvalue weighted by Crippen LogP contribution is 2.27. The van der Waals surface area contributed by atoms with Gasteiger partial charge in [-0.3, -0.25) is 14.6 Å². The zero-order valence-corrected chi connectivity index (χ0v) is 14.7. The van der Waals surface area contributed by atoms with Crippen LogP contribution in [0.1, 0.15) is 11.8 Å². The second-order valence-corrected chi connectivity index (χ2v) is 6.36. The lowest BCUT2D eigenvalue weighted by molar-refractivity contribution is -0.151. The molecule has 5 N–H and O–H groups in total. The van der Waals surface area contributed by atoms with Crippen LogP contribution in [-0.4, -0.2) is 61.9 Å². The predicted molar refractivity (Wildman–Crippen MR) is 94.1 cm³/mol. The van der Waals surface area contributed by atoms with Crippen LogP contribution in [0.4, 0.5) is 0 Å². The van der Waals surface area contributed by atoms with Crippen LogP contribution in [0, 0.1) is 0 Å². The summed E-state index contributed by atoms with van der Waals surface area (Å²) in [7, 11) is 0. The van der Waals surface area contributed by atoms with Gasteiger partial charge in [0, 0.05) is 0 Å². The molecule has 0 saturated carbocycles. The molecule has 0 radical (unpaired) electrons. The van der Waals surface area contributed by atoms with Gasteiger partial charge in [-0.1, -0.05) is 30.3 Å². The normalized spacial score (nSPS) is 25.4. The summed E-state index contributed by atoms with van der Waals surface area (Å²) in [6.45, 7) is -0.381. The van der Waals surface area contributed by atoms with Crippen molar-refractivity contribution in [3.05, 3.63) is 62.9 Å². The van der Waals surface area contributed by atoms with Gasteiger partial charge in [0.25, 0.3) is 5.56 Å². The van der Waals surface area contributed by atoms with Crippen LogP contribution in [0.15, 0.2) is 46.1 Å². The quantitative estimate of drug-likeness (QED) is 0.394. The molecule has 150 valence electrons. The van der Waals surface area contributed by atoms with Crippen LogP contribution < -0.4 is 17.0 Å². The number of aliphatic hydroxyl groups is 2. The van der Waals surface area contributed by atoms with Gasteiger partial charge in [0.15, 0.2) is 6.23 Å². The molecule has 11 heteroatoms. The summed E-state index contributed by atoms with van der Waals surface area (Å²) >= 11 is 0. The highest BCUT2D eigenvalue weighted by molar-refractivity contribution is 5.75. The fourth-order valence-electron chi connectivity index (χ4n) is 2.83. The van der Waals surface area contributed by atoms with Crippen LogP contribution in [0.2, 0.25) is 0 Å². The second kappa shape index (κ2) is 8.44. The van der Waals surface area contributed by atoms with E-state index in [9.17, 15) is 24.6 Å². The van der Waals surface area contributed by atoms with Gasteiger partial charge in [-0.15, -0.1) is 0 Å². The first kappa shape index (κ1) is 19.9. The number of aromatic nitrogens is 3. The average molecular weight is 392 g/mol. The number of nitrogens with zero attached hydrogens (tertiary/aromatic N) is 2. The van der Waals surface area contributed by atoms with Gasteiger partial charge in [0.2, 0.25) is 0 Å². The van der Waals surface area contributed by atoms with Gasteiger partial charge in [-0.2, -0.15) is 9.78 Å². The molecule has 1 saturated heterocycles. The Kier molecular flexibility index (Phi) is 5.99. The van der Waals surface area contributed by atoms with Crippen molar-refractivity contribution < 1.29 is 24.5 Å². The zero-order valence-electron chi connectivity index (χ0n) is 14.7.